The van der Waals surface area contributed by atoms with Crippen molar-refractivity contribution in [2.45, 2.75) is 52.0 Å². The van der Waals surface area contributed by atoms with Gasteiger partial charge in [0, 0.05) is 43.5 Å². The third kappa shape index (κ3) is 4.63. The number of benzene rings is 1. The van der Waals surface area contributed by atoms with E-state index >= 15 is 0 Å². The number of piperidine rings is 1. The maximum absolute atomic E-state index is 12.6. The number of amides is 1. The summed E-state index contributed by atoms with van der Waals surface area (Å²) in [4.78, 5) is 15.0. The molecule has 0 unspecified atom stereocenters. The smallest absolute Gasteiger partial charge is 0.293 e. The average molecular weight is 353 g/mol. The summed E-state index contributed by atoms with van der Waals surface area (Å²) in [6.07, 6.45) is 10.1. The van der Waals surface area contributed by atoms with Gasteiger partial charge in [-0.15, -0.1) is 0 Å². The molecule has 1 atom stereocenters. The highest BCUT2D eigenvalue weighted by Crippen LogP contribution is 2.22. The van der Waals surface area contributed by atoms with Gasteiger partial charge in [-0.2, -0.15) is 4.57 Å². The lowest BCUT2D eigenvalue weighted by Crippen LogP contribution is -2.44. The van der Waals surface area contributed by atoms with Crippen LogP contribution in [0.5, 0.6) is 0 Å². The molecule has 1 aliphatic rings. The largest absolute Gasteiger partial charge is 0.372 e. The van der Waals surface area contributed by atoms with Gasteiger partial charge in [-0.3, -0.25) is 4.79 Å². The maximum Gasteiger partial charge on any atom is 0.293 e. The fourth-order valence-corrected chi connectivity index (χ4v) is 3.47. The van der Waals surface area contributed by atoms with Crippen LogP contribution in [-0.2, 0) is 11.2 Å². The van der Waals surface area contributed by atoms with Crippen LogP contribution in [0.1, 0.15) is 51.1 Å². The van der Waals surface area contributed by atoms with Crippen LogP contribution >= 0.6 is 0 Å². The third-order valence-electron chi connectivity index (χ3n) is 5.14. The van der Waals surface area contributed by atoms with Crippen LogP contribution in [0.3, 0.4) is 0 Å². The number of anilines is 2. The number of carbonyl (C=O) groups is 1. The minimum Gasteiger partial charge on any atom is -0.372 e. The van der Waals surface area contributed by atoms with E-state index in [1.165, 1.54) is 30.5 Å². The molecule has 1 saturated heterocycles. The van der Waals surface area contributed by atoms with Gasteiger partial charge in [0.25, 0.3) is 5.91 Å². The van der Waals surface area contributed by atoms with E-state index in [1.807, 2.05) is 36.0 Å². The number of aryl methyl sites for hydroxylation is 1. The Hall–Kier alpha value is -2.36. The molecule has 3 rings (SSSR count). The fraction of sp³-hybridized carbons (Fsp3) is 0.455. The summed E-state index contributed by atoms with van der Waals surface area (Å²) in [5, 5.41) is 3.03. The van der Waals surface area contributed by atoms with Crippen molar-refractivity contribution in [1.29, 1.82) is 0 Å². The summed E-state index contributed by atoms with van der Waals surface area (Å²) in [7, 11) is 0. The number of rotatable bonds is 6. The molecule has 1 aromatic heterocycles. The number of pyridine rings is 1. The van der Waals surface area contributed by atoms with Crippen molar-refractivity contribution >= 4 is 17.3 Å². The quantitative estimate of drug-likeness (QED) is 0.794. The highest BCUT2D eigenvalue weighted by molar-refractivity contribution is 5.92. The van der Waals surface area contributed by atoms with Gasteiger partial charge in [-0.25, -0.2) is 0 Å². The minimum absolute atomic E-state index is 0.00367. The Balaban J connectivity index is 1.59. The first-order valence-electron chi connectivity index (χ1n) is 9.83. The highest BCUT2D eigenvalue weighted by Gasteiger charge is 2.22. The summed E-state index contributed by atoms with van der Waals surface area (Å²) < 4.78 is 1.95. The molecule has 0 aliphatic carbocycles. The van der Waals surface area contributed by atoms with Crippen LogP contribution < -0.4 is 14.8 Å². The third-order valence-corrected chi connectivity index (χ3v) is 5.14. The van der Waals surface area contributed by atoms with Crippen molar-refractivity contribution in [3.63, 3.8) is 0 Å². The van der Waals surface area contributed by atoms with Crippen molar-refractivity contribution in [3.8, 4) is 0 Å². The topological polar surface area (TPSA) is 36.2 Å². The number of nitrogens with zero attached hydrogens (tertiary/aromatic N) is 2. The van der Waals surface area contributed by atoms with Crippen molar-refractivity contribution in [1.82, 2.24) is 0 Å². The number of aromatic nitrogens is 1. The molecule has 1 aliphatic heterocycles. The monoisotopic (exact) mass is 352 g/mol. The van der Waals surface area contributed by atoms with Gasteiger partial charge in [0.15, 0.2) is 12.4 Å². The van der Waals surface area contributed by atoms with Crippen molar-refractivity contribution < 1.29 is 9.36 Å². The Kier molecular flexibility index (Phi) is 6.26. The molecule has 26 heavy (non-hydrogen) atoms. The number of carbonyl (C=O) groups excluding carboxylic acids is 1. The summed E-state index contributed by atoms with van der Waals surface area (Å²) in [6.45, 7) is 6.37. The van der Waals surface area contributed by atoms with Crippen LogP contribution in [0.25, 0.3) is 0 Å². The second-order valence-electron chi connectivity index (χ2n) is 7.16. The SMILES string of the molecule is CCCc1cc[n+]([C@@H](C)C(=O)Nc2ccc(N3CCCCC3)cc2)cc1. The van der Waals surface area contributed by atoms with Gasteiger partial charge in [0.2, 0.25) is 6.04 Å². The molecule has 1 N–H and O–H groups in total. The molecule has 0 bridgehead atoms. The van der Waals surface area contributed by atoms with E-state index in [9.17, 15) is 4.79 Å². The summed E-state index contributed by atoms with van der Waals surface area (Å²) in [5.74, 6) is 0.00367. The first-order valence-corrected chi connectivity index (χ1v) is 9.83. The van der Waals surface area contributed by atoms with E-state index < -0.39 is 0 Å². The van der Waals surface area contributed by atoms with E-state index in [-0.39, 0.29) is 11.9 Å². The molecule has 1 amide bonds. The second-order valence-corrected chi connectivity index (χ2v) is 7.16. The summed E-state index contributed by atoms with van der Waals surface area (Å²) in [5.41, 5.74) is 3.41. The Bertz CT molecular complexity index is 703. The van der Waals surface area contributed by atoms with Crippen LogP contribution in [0.4, 0.5) is 11.4 Å². The van der Waals surface area contributed by atoms with E-state index in [1.54, 1.807) is 0 Å². The number of nitrogens with one attached hydrogen (secondary N) is 1. The second kappa shape index (κ2) is 8.84. The van der Waals surface area contributed by atoms with E-state index in [4.69, 9.17) is 0 Å². The molecular formula is C22H30N3O+. The van der Waals surface area contributed by atoms with E-state index in [0.717, 1.165) is 31.6 Å². The summed E-state index contributed by atoms with van der Waals surface area (Å²) in [6, 6.07) is 12.2. The van der Waals surface area contributed by atoms with Crippen LogP contribution in [0, 0.1) is 0 Å². The molecule has 2 aromatic rings. The molecule has 0 spiro atoms. The molecule has 2 heterocycles. The molecule has 0 radical (unpaired) electrons. The summed E-state index contributed by atoms with van der Waals surface area (Å²) >= 11 is 0. The van der Waals surface area contributed by atoms with Crippen molar-refractivity contribution in [2.75, 3.05) is 23.3 Å². The normalized spacial score (nSPS) is 15.5. The highest BCUT2D eigenvalue weighted by atomic mass is 16.2. The molecule has 1 aromatic carbocycles. The fourth-order valence-electron chi connectivity index (χ4n) is 3.47. The maximum atomic E-state index is 12.6. The molecule has 4 heteroatoms. The minimum atomic E-state index is -0.243. The Morgan fingerprint density at radius 1 is 1.08 bits per heavy atom. The Labute approximate surface area is 156 Å². The van der Waals surface area contributed by atoms with Crippen molar-refractivity contribution in [2.24, 2.45) is 0 Å². The lowest BCUT2D eigenvalue weighted by molar-refractivity contribution is -0.705. The lowest BCUT2D eigenvalue weighted by atomic mass is 10.1. The zero-order valence-electron chi connectivity index (χ0n) is 15.9. The van der Waals surface area contributed by atoms with Gasteiger partial charge >= 0.3 is 0 Å². The molecular weight excluding hydrogens is 322 g/mol. The zero-order chi connectivity index (χ0) is 18.4. The van der Waals surface area contributed by atoms with Gasteiger partial charge in [0.1, 0.15) is 0 Å². The Morgan fingerprint density at radius 3 is 2.35 bits per heavy atom. The molecule has 138 valence electrons. The average Bonchev–Trinajstić information content (AvgIpc) is 2.69. The van der Waals surface area contributed by atoms with Crippen molar-refractivity contribution in [3.05, 3.63) is 54.4 Å². The van der Waals surface area contributed by atoms with Gasteiger partial charge < -0.3 is 10.2 Å². The van der Waals surface area contributed by atoms with Gasteiger partial charge in [0.05, 0.1) is 0 Å². The predicted molar refractivity (Wildman–Crippen MR) is 106 cm³/mol. The predicted octanol–water partition coefficient (Wildman–Crippen LogP) is 4.12. The molecule has 0 saturated carbocycles. The molecule has 1 fully saturated rings. The van der Waals surface area contributed by atoms with E-state index in [0.29, 0.717) is 0 Å². The van der Waals surface area contributed by atoms with Gasteiger partial charge in [-0.1, -0.05) is 13.3 Å². The van der Waals surface area contributed by atoms with Crippen LogP contribution in [0.2, 0.25) is 0 Å². The van der Waals surface area contributed by atoms with Crippen LogP contribution in [-0.4, -0.2) is 19.0 Å². The first-order chi connectivity index (χ1) is 12.7. The molecule has 4 nitrogen and oxygen atoms in total. The number of hydrogen-bond donors (Lipinski definition) is 1. The Morgan fingerprint density at radius 2 is 1.73 bits per heavy atom. The van der Waals surface area contributed by atoms with Crippen LogP contribution in [0.15, 0.2) is 48.8 Å². The van der Waals surface area contributed by atoms with Gasteiger partial charge in [-0.05, 0) is 55.5 Å². The number of hydrogen-bond acceptors (Lipinski definition) is 2. The first kappa shape index (κ1) is 18.4. The van der Waals surface area contributed by atoms with E-state index in [2.05, 4.69) is 41.4 Å². The standard InChI is InChI=1S/C22H29N3O/c1-3-7-19-12-16-24(17-13-19)18(2)22(26)23-20-8-10-21(11-9-20)25-14-5-4-6-15-25/h8-13,16-18H,3-7,14-15H2,1-2H3/p+1/t18-/m0/s1. The lowest BCUT2D eigenvalue weighted by Gasteiger charge is -2.28. The zero-order valence-corrected chi connectivity index (χ0v) is 15.9.